The average molecular weight is 366 g/mol. The molecule has 1 N–H and O–H groups in total. The highest BCUT2D eigenvalue weighted by Crippen LogP contribution is 2.19. The number of carbonyl (C=O) groups is 1. The van der Waals surface area contributed by atoms with E-state index in [1.807, 2.05) is 36.4 Å². The minimum absolute atomic E-state index is 0.131. The van der Waals surface area contributed by atoms with Crippen molar-refractivity contribution in [2.75, 3.05) is 20.8 Å². The maximum absolute atomic E-state index is 12.4. The fourth-order valence-electron chi connectivity index (χ4n) is 2.68. The molecule has 0 fully saturated rings. The van der Waals surface area contributed by atoms with E-state index >= 15 is 0 Å². The molecule has 0 aliphatic heterocycles. The summed E-state index contributed by atoms with van der Waals surface area (Å²) in [6, 6.07) is 15.4. The zero-order chi connectivity index (χ0) is 19.2. The third-order valence-electron chi connectivity index (χ3n) is 4.15. The molecule has 0 saturated heterocycles. The van der Waals surface area contributed by atoms with E-state index < -0.39 is 0 Å². The predicted octanol–water partition coefficient (Wildman–Crippen LogP) is 2.47. The molecule has 3 rings (SSSR count). The first kappa shape index (κ1) is 18.4. The molecule has 0 aliphatic carbocycles. The van der Waals surface area contributed by atoms with E-state index in [9.17, 15) is 4.79 Å². The molecule has 140 valence electrons. The molecule has 0 radical (unpaired) electrons. The lowest BCUT2D eigenvalue weighted by atomic mass is 10.1. The monoisotopic (exact) mass is 366 g/mol. The van der Waals surface area contributed by atoms with Crippen LogP contribution in [0.3, 0.4) is 0 Å². The van der Waals surface area contributed by atoms with Crippen LogP contribution in [0.5, 0.6) is 11.8 Å². The lowest BCUT2D eigenvalue weighted by Gasteiger charge is -2.07. The third-order valence-corrected chi connectivity index (χ3v) is 4.15. The Balaban J connectivity index is 1.62. The van der Waals surface area contributed by atoms with Crippen LogP contribution in [0, 0.1) is 0 Å². The molecular formula is C20H22N4O3. The van der Waals surface area contributed by atoms with Gasteiger partial charge in [-0.1, -0.05) is 24.3 Å². The lowest BCUT2D eigenvalue weighted by Crippen LogP contribution is -2.25. The van der Waals surface area contributed by atoms with Crippen molar-refractivity contribution in [3.05, 3.63) is 59.7 Å². The van der Waals surface area contributed by atoms with E-state index in [4.69, 9.17) is 9.47 Å². The number of nitrogens with zero attached hydrogens (tertiary/aromatic N) is 3. The molecule has 0 atom stereocenters. The Hall–Kier alpha value is -3.35. The van der Waals surface area contributed by atoms with Crippen molar-refractivity contribution in [3.8, 4) is 23.1 Å². The molecule has 0 saturated carbocycles. The van der Waals surface area contributed by atoms with E-state index in [0.29, 0.717) is 23.9 Å². The highest BCUT2D eigenvalue weighted by atomic mass is 16.5. The summed E-state index contributed by atoms with van der Waals surface area (Å²) in [6.07, 6.45) is 0.744. The molecule has 7 nitrogen and oxygen atoms in total. The number of methoxy groups -OCH3 is 2. The largest absolute Gasteiger partial charge is 0.497 e. The van der Waals surface area contributed by atoms with Gasteiger partial charge in [0.15, 0.2) is 5.82 Å². The Labute approximate surface area is 158 Å². The van der Waals surface area contributed by atoms with Gasteiger partial charge in [-0.15, -0.1) is 5.10 Å². The van der Waals surface area contributed by atoms with Crippen molar-refractivity contribution in [1.82, 2.24) is 20.1 Å². The second-order valence-electron chi connectivity index (χ2n) is 5.98. The molecular weight excluding hydrogens is 344 g/mol. The van der Waals surface area contributed by atoms with Gasteiger partial charge in [0.25, 0.3) is 5.91 Å². The number of carbonyl (C=O) groups excluding carboxylic acids is 1. The van der Waals surface area contributed by atoms with Crippen LogP contribution >= 0.6 is 0 Å². The first-order valence-electron chi connectivity index (χ1n) is 8.57. The standard InChI is InChI=1S/C20H22N4O3/c1-24-20(27-3)22-18(23-24)15-5-4-6-16(13-15)19(25)21-12-11-14-7-9-17(26-2)10-8-14/h4-10,13H,11-12H2,1-3H3,(H,21,25). The predicted molar refractivity (Wildman–Crippen MR) is 102 cm³/mol. The Morgan fingerprint density at radius 1 is 1.11 bits per heavy atom. The van der Waals surface area contributed by atoms with Crippen LogP contribution in [0.2, 0.25) is 0 Å². The summed E-state index contributed by atoms with van der Waals surface area (Å²) in [5, 5.41) is 7.25. The zero-order valence-electron chi connectivity index (χ0n) is 15.6. The Kier molecular flexibility index (Phi) is 5.71. The third kappa shape index (κ3) is 4.44. The number of aryl methyl sites for hydroxylation is 1. The van der Waals surface area contributed by atoms with Crippen molar-refractivity contribution in [1.29, 1.82) is 0 Å². The molecule has 1 aromatic heterocycles. The second-order valence-corrected chi connectivity index (χ2v) is 5.98. The minimum atomic E-state index is -0.131. The van der Waals surface area contributed by atoms with E-state index in [-0.39, 0.29) is 5.91 Å². The van der Waals surface area contributed by atoms with E-state index in [1.54, 1.807) is 38.1 Å². The van der Waals surface area contributed by atoms with E-state index in [2.05, 4.69) is 15.4 Å². The van der Waals surface area contributed by atoms with Gasteiger partial charge in [-0.2, -0.15) is 4.98 Å². The van der Waals surface area contributed by atoms with Crippen LogP contribution < -0.4 is 14.8 Å². The first-order chi connectivity index (χ1) is 13.1. The van der Waals surface area contributed by atoms with Gasteiger partial charge in [-0.25, -0.2) is 4.68 Å². The van der Waals surface area contributed by atoms with Gasteiger partial charge in [0, 0.05) is 24.7 Å². The van der Waals surface area contributed by atoms with Gasteiger partial charge in [0.05, 0.1) is 14.2 Å². The summed E-state index contributed by atoms with van der Waals surface area (Å²) in [5.74, 6) is 1.20. The van der Waals surface area contributed by atoms with Crippen LogP contribution in [-0.4, -0.2) is 41.4 Å². The highest BCUT2D eigenvalue weighted by Gasteiger charge is 2.12. The molecule has 27 heavy (non-hydrogen) atoms. The van der Waals surface area contributed by atoms with Gasteiger partial charge < -0.3 is 14.8 Å². The van der Waals surface area contributed by atoms with Crippen molar-refractivity contribution in [2.24, 2.45) is 7.05 Å². The van der Waals surface area contributed by atoms with Crippen LogP contribution in [0.4, 0.5) is 0 Å². The maximum Gasteiger partial charge on any atom is 0.314 e. The fraction of sp³-hybridized carbons (Fsp3) is 0.250. The van der Waals surface area contributed by atoms with Crippen LogP contribution in [0.15, 0.2) is 48.5 Å². The zero-order valence-corrected chi connectivity index (χ0v) is 15.6. The van der Waals surface area contributed by atoms with Crippen LogP contribution in [-0.2, 0) is 13.5 Å². The van der Waals surface area contributed by atoms with Crippen molar-refractivity contribution >= 4 is 5.91 Å². The summed E-state index contributed by atoms with van der Waals surface area (Å²) < 4.78 is 11.8. The van der Waals surface area contributed by atoms with Gasteiger partial charge in [0.1, 0.15) is 5.75 Å². The van der Waals surface area contributed by atoms with Crippen molar-refractivity contribution < 1.29 is 14.3 Å². The van der Waals surface area contributed by atoms with Gasteiger partial charge in [-0.05, 0) is 36.2 Å². The van der Waals surface area contributed by atoms with Gasteiger partial charge >= 0.3 is 6.01 Å². The van der Waals surface area contributed by atoms with Crippen molar-refractivity contribution in [3.63, 3.8) is 0 Å². The smallest absolute Gasteiger partial charge is 0.314 e. The van der Waals surface area contributed by atoms with Crippen LogP contribution in [0.25, 0.3) is 11.4 Å². The second kappa shape index (κ2) is 8.35. The lowest BCUT2D eigenvalue weighted by molar-refractivity contribution is 0.0954. The Morgan fingerprint density at radius 3 is 2.56 bits per heavy atom. The molecule has 2 aromatic carbocycles. The maximum atomic E-state index is 12.4. The number of rotatable bonds is 7. The van der Waals surface area contributed by atoms with E-state index in [0.717, 1.165) is 23.3 Å². The van der Waals surface area contributed by atoms with E-state index in [1.165, 1.54) is 0 Å². The molecule has 0 spiro atoms. The quantitative estimate of drug-likeness (QED) is 0.695. The minimum Gasteiger partial charge on any atom is -0.497 e. The number of nitrogens with one attached hydrogen (secondary N) is 1. The SMILES string of the molecule is COc1ccc(CCNC(=O)c2cccc(-c3nc(OC)n(C)n3)c2)cc1. The molecule has 1 heterocycles. The number of hydrogen-bond acceptors (Lipinski definition) is 5. The van der Waals surface area contributed by atoms with Gasteiger partial charge in [0.2, 0.25) is 0 Å². The summed E-state index contributed by atoms with van der Waals surface area (Å²) in [7, 11) is 4.94. The molecule has 3 aromatic rings. The number of hydrogen-bond donors (Lipinski definition) is 1. The summed E-state index contributed by atoms with van der Waals surface area (Å²) in [4.78, 5) is 16.7. The molecule has 0 bridgehead atoms. The van der Waals surface area contributed by atoms with Crippen LogP contribution in [0.1, 0.15) is 15.9 Å². The number of amides is 1. The highest BCUT2D eigenvalue weighted by molar-refractivity contribution is 5.95. The number of aromatic nitrogens is 3. The Bertz CT molecular complexity index is 919. The fourth-order valence-corrected chi connectivity index (χ4v) is 2.68. The molecule has 7 heteroatoms. The Morgan fingerprint density at radius 2 is 1.89 bits per heavy atom. The average Bonchev–Trinajstić information content (AvgIpc) is 3.09. The molecule has 1 amide bonds. The summed E-state index contributed by atoms with van der Waals surface area (Å²) >= 11 is 0. The molecule has 0 unspecified atom stereocenters. The molecule has 0 aliphatic rings. The number of benzene rings is 2. The van der Waals surface area contributed by atoms with Gasteiger partial charge in [-0.3, -0.25) is 4.79 Å². The van der Waals surface area contributed by atoms with Crippen molar-refractivity contribution in [2.45, 2.75) is 6.42 Å². The topological polar surface area (TPSA) is 78.3 Å². The normalized spacial score (nSPS) is 10.5. The summed E-state index contributed by atoms with van der Waals surface area (Å²) in [5.41, 5.74) is 2.46. The first-order valence-corrected chi connectivity index (χ1v) is 8.57. The number of ether oxygens (including phenoxy) is 2. The summed E-state index contributed by atoms with van der Waals surface area (Å²) in [6.45, 7) is 0.547.